The highest BCUT2D eigenvalue weighted by molar-refractivity contribution is 5.96. The van der Waals surface area contributed by atoms with Gasteiger partial charge in [0.1, 0.15) is 11.3 Å². The van der Waals surface area contributed by atoms with Gasteiger partial charge < -0.3 is 9.47 Å². The second kappa shape index (κ2) is 7.26. The summed E-state index contributed by atoms with van der Waals surface area (Å²) in [4.78, 5) is 11.9. The molecule has 7 heteroatoms. The Hall–Kier alpha value is -2.83. The van der Waals surface area contributed by atoms with Crippen LogP contribution in [0, 0.1) is 6.92 Å². The van der Waals surface area contributed by atoms with Gasteiger partial charge >= 0.3 is 5.97 Å². The lowest BCUT2D eigenvalue weighted by Gasteiger charge is -2.03. The highest BCUT2D eigenvalue weighted by Crippen LogP contribution is 2.17. The Morgan fingerprint density at radius 1 is 1.41 bits per heavy atom. The highest BCUT2D eigenvalue weighted by Gasteiger charge is 2.18. The summed E-state index contributed by atoms with van der Waals surface area (Å²) in [5.74, 6) is 0.675. The van der Waals surface area contributed by atoms with E-state index >= 15 is 0 Å². The van der Waals surface area contributed by atoms with E-state index in [1.807, 2.05) is 24.3 Å². The average Bonchev–Trinajstić information content (AvgIpc) is 2.89. The molecule has 22 heavy (non-hydrogen) atoms. The molecule has 0 radical (unpaired) electrons. The quantitative estimate of drug-likeness (QED) is 0.486. The van der Waals surface area contributed by atoms with Crippen molar-refractivity contribution in [3.63, 3.8) is 0 Å². The number of aryl methyl sites for hydroxylation is 1. The first kappa shape index (κ1) is 15.6. The molecule has 7 nitrogen and oxygen atoms in total. The normalized spacial score (nSPS) is 10.7. The Bertz CT molecular complexity index is 662. The summed E-state index contributed by atoms with van der Waals surface area (Å²) >= 11 is 0. The number of rotatable bonds is 6. The van der Waals surface area contributed by atoms with Crippen LogP contribution in [0.4, 0.5) is 5.82 Å². The summed E-state index contributed by atoms with van der Waals surface area (Å²) in [5.41, 5.74) is 4.61. The van der Waals surface area contributed by atoms with Crippen LogP contribution in [0.2, 0.25) is 0 Å². The minimum atomic E-state index is -0.434. The molecule has 0 fully saturated rings. The third-order valence-electron chi connectivity index (χ3n) is 2.93. The number of hydrogen-bond acceptors (Lipinski definition) is 6. The molecule has 2 rings (SSSR count). The van der Waals surface area contributed by atoms with Crippen molar-refractivity contribution in [1.82, 2.24) is 10.2 Å². The van der Waals surface area contributed by atoms with Crippen LogP contribution < -0.4 is 10.2 Å². The SMILES string of the molecule is CCOC(=O)c1c(NN=Cc2ccc(OC)cc2)n[nH]c1C. The smallest absolute Gasteiger partial charge is 0.343 e. The number of nitrogens with zero attached hydrogens (tertiary/aromatic N) is 2. The lowest BCUT2D eigenvalue weighted by Crippen LogP contribution is -2.08. The van der Waals surface area contributed by atoms with E-state index in [0.717, 1.165) is 11.3 Å². The fraction of sp³-hybridized carbons (Fsp3) is 0.267. The molecule has 0 aliphatic rings. The number of hydrazone groups is 1. The van der Waals surface area contributed by atoms with Gasteiger partial charge in [0.2, 0.25) is 0 Å². The maximum absolute atomic E-state index is 11.9. The van der Waals surface area contributed by atoms with Crippen LogP contribution in [0.1, 0.15) is 28.5 Å². The first-order valence-corrected chi connectivity index (χ1v) is 6.81. The van der Waals surface area contributed by atoms with E-state index in [2.05, 4.69) is 20.7 Å². The Morgan fingerprint density at radius 3 is 2.77 bits per heavy atom. The van der Waals surface area contributed by atoms with Crippen LogP contribution in [-0.4, -0.2) is 36.1 Å². The number of H-pyrrole nitrogens is 1. The van der Waals surface area contributed by atoms with Gasteiger partial charge in [-0.15, -0.1) is 0 Å². The maximum atomic E-state index is 11.9. The summed E-state index contributed by atoms with van der Waals surface area (Å²) in [6.45, 7) is 3.80. The third-order valence-corrected chi connectivity index (χ3v) is 2.93. The largest absolute Gasteiger partial charge is 0.497 e. The second-order valence-electron chi connectivity index (χ2n) is 4.44. The predicted octanol–water partition coefficient (Wildman–Crippen LogP) is 2.35. The fourth-order valence-corrected chi connectivity index (χ4v) is 1.82. The number of benzene rings is 1. The van der Waals surface area contributed by atoms with Crippen molar-refractivity contribution in [2.75, 3.05) is 19.1 Å². The maximum Gasteiger partial charge on any atom is 0.343 e. The highest BCUT2D eigenvalue weighted by atomic mass is 16.5. The Morgan fingerprint density at radius 2 is 2.14 bits per heavy atom. The molecule has 0 spiro atoms. The number of carbonyl (C=O) groups is 1. The standard InChI is InChI=1S/C15H18N4O3/c1-4-22-15(20)13-10(2)17-19-14(13)18-16-9-11-5-7-12(21-3)8-6-11/h5-9H,4H2,1-3H3,(H2,17,18,19). The van der Waals surface area contributed by atoms with Crippen molar-refractivity contribution in [1.29, 1.82) is 0 Å². The molecule has 1 aromatic carbocycles. The Balaban J connectivity index is 2.07. The molecule has 116 valence electrons. The number of methoxy groups -OCH3 is 1. The van der Waals surface area contributed by atoms with E-state index < -0.39 is 5.97 Å². The van der Waals surface area contributed by atoms with Gasteiger partial charge in [0.25, 0.3) is 0 Å². The zero-order valence-corrected chi connectivity index (χ0v) is 12.7. The van der Waals surface area contributed by atoms with Gasteiger partial charge in [-0.1, -0.05) is 0 Å². The number of anilines is 1. The first-order valence-electron chi connectivity index (χ1n) is 6.81. The summed E-state index contributed by atoms with van der Waals surface area (Å²) in [5, 5.41) is 10.8. The zero-order chi connectivity index (χ0) is 15.9. The van der Waals surface area contributed by atoms with Crippen LogP contribution in [0.25, 0.3) is 0 Å². The molecule has 0 atom stereocenters. The summed E-state index contributed by atoms with van der Waals surface area (Å²) in [7, 11) is 1.61. The lowest BCUT2D eigenvalue weighted by molar-refractivity contribution is 0.0526. The van der Waals surface area contributed by atoms with E-state index in [4.69, 9.17) is 9.47 Å². The zero-order valence-electron chi connectivity index (χ0n) is 12.7. The van der Waals surface area contributed by atoms with E-state index in [0.29, 0.717) is 23.7 Å². The number of aromatic amines is 1. The predicted molar refractivity (Wildman–Crippen MR) is 83.5 cm³/mol. The molecule has 0 saturated carbocycles. The molecule has 2 N–H and O–H groups in total. The summed E-state index contributed by atoms with van der Waals surface area (Å²) < 4.78 is 10.1. The van der Waals surface area contributed by atoms with E-state index in [9.17, 15) is 4.79 Å². The number of esters is 1. The van der Waals surface area contributed by atoms with E-state index in [1.54, 1.807) is 27.2 Å². The Kier molecular flexibility index (Phi) is 5.13. The molecule has 1 aromatic heterocycles. The van der Waals surface area contributed by atoms with Crippen LogP contribution in [0.3, 0.4) is 0 Å². The van der Waals surface area contributed by atoms with Crippen molar-refractivity contribution < 1.29 is 14.3 Å². The van der Waals surface area contributed by atoms with Crippen LogP contribution in [0.5, 0.6) is 5.75 Å². The summed E-state index contributed by atoms with van der Waals surface area (Å²) in [6.07, 6.45) is 1.62. The molecule has 0 unspecified atom stereocenters. The van der Waals surface area contributed by atoms with E-state index in [-0.39, 0.29) is 0 Å². The molecule has 2 aromatic rings. The van der Waals surface area contributed by atoms with Gasteiger partial charge in [-0.05, 0) is 43.7 Å². The number of hydrogen-bond donors (Lipinski definition) is 2. The van der Waals surface area contributed by atoms with Crippen LogP contribution in [0.15, 0.2) is 29.4 Å². The fourth-order valence-electron chi connectivity index (χ4n) is 1.82. The monoisotopic (exact) mass is 302 g/mol. The number of carbonyl (C=O) groups excluding carboxylic acids is 1. The van der Waals surface area contributed by atoms with Gasteiger partial charge in [-0.25, -0.2) is 4.79 Å². The molecule has 0 aliphatic heterocycles. The average molecular weight is 302 g/mol. The second-order valence-corrected chi connectivity index (χ2v) is 4.44. The van der Waals surface area contributed by atoms with Crippen molar-refractivity contribution >= 4 is 18.0 Å². The Labute approximate surface area is 128 Å². The van der Waals surface area contributed by atoms with E-state index in [1.165, 1.54) is 0 Å². The van der Waals surface area contributed by atoms with Gasteiger partial charge in [0.05, 0.1) is 19.9 Å². The molecule has 0 saturated heterocycles. The molecule has 1 heterocycles. The minimum absolute atomic E-state index is 0.304. The topological polar surface area (TPSA) is 88.6 Å². The third kappa shape index (κ3) is 3.63. The van der Waals surface area contributed by atoms with Crippen LogP contribution >= 0.6 is 0 Å². The van der Waals surface area contributed by atoms with Crippen molar-refractivity contribution in [3.8, 4) is 5.75 Å². The van der Waals surface area contributed by atoms with Crippen LogP contribution in [-0.2, 0) is 4.74 Å². The molecule has 0 aliphatic carbocycles. The van der Waals surface area contributed by atoms with Gasteiger partial charge in [0, 0.05) is 5.69 Å². The first-order chi connectivity index (χ1) is 10.7. The lowest BCUT2D eigenvalue weighted by atomic mass is 10.2. The van der Waals surface area contributed by atoms with Gasteiger partial charge in [-0.2, -0.15) is 10.2 Å². The number of nitrogens with one attached hydrogen (secondary N) is 2. The molecular weight excluding hydrogens is 284 g/mol. The number of ether oxygens (including phenoxy) is 2. The van der Waals surface area contributed by atoms with Crippen molar-refractivity contribution in [3.05, 3.63) is 41.1 Å². The molecular formula is C15H18N4O3. The molecule has 0 amide bonds. The van der Waals surface area contributed by atoms with Gasteiger partial charge in [0.15, 0.2) is 5.82 Å². The van der Waals surface area contributed by atoms with Gasteiger partial charge in [-0.3, -0.25) is 10.5 Å². The van der Waals surface area contributed by atoms with Crippen molar-refractivity contribution in [2.24, 2.45) is 5.10 Å². The summed E-state index contributed by atoms with van der Waals surface area (Å²) in [6, 6.07) is 7.41. The number of aromatic nitrogens is 2. The molecule has 0 bridgehead atoms. The van der Waals surface area contributed by atoms with Crippen molar-refractivity contribution in [2.45, 2.75) is 13.8 Å². The minimum Gasteiger partial charge on any atom is -0.497 e.